The van der Waals surface area contributed by atoms with Gasteiger partial charge in [0.05, 0.1) is 20.3 Å². The lowest BCUT2D eigenvalue weighted by molar-refractivity contribution is -0.129. The molecular formula is C28H37N3O4. The number of benzene rings is 2. The quantitative estimate of drug-likeness (QED) is 0.597. The van der Waals surface area contributed by atoms with Crippen molar-refractivity contribution in [1.29, 1.82) is 0 Å². The van der Waals surface area contributed by atoms with E-state index in [0.717, 1.165) is 25.0 Å². The van der Waals surface area contributed by atoms with Crippen molar-refractivity contribution in [3.05, 3.63) is 59.7 Å². The predicted octanol–water partition coefficient (Wildman–Crippen LogP) is 3.38. The molecule has 1 saturated carbocycles. The molecule has 4 rings (SSSR count). The molecule has 0 bridgehead atoms. The molecule has 1 heterocycles. The van der Waals surface area contributed by atoms with Gasteiger partial charge in [0.15, 0.2) is 0 Å². The minimum absolute atomic E-state index is 0.0184. The number of carbonyl (C=O) groups is 2. The Morgan fingerprint density at radius 3 is 2.29 bits per heavy atom. The number of carbonyl (C=O) groups excluding carboxylic acids is 2. The van der Waals surface area contributed by atoms with E-state index in [0.29, 0.717) is 50.0 Å². The number of hydrogen-bond donors (Lipinski definition) is 1. The van der Waals surface area contributed by atoms with Gasteiger partial charge in [0.25, 0.3) is 5.91 Å². The smallest absolute Gasteiger partial charge is 0.254 e. The maximum Gasteiger partial charge on any atom is 0.254 e. The van der Waals surface area contributed by atoms with Crippen molar-refractivity contribution in [1.82, 2.24) is 15.1 Å². The number of nitrogens with one attached hydrogen (secondary N) is 1. The number of hydrogen-bond acceptors (Lipinski definition) is 5. The first kappa shape index (κ1) is 25.0. The van der Waals surface area contributed by atoms with Crippen molar-refractivity contribution < 1.29 is 19.1 Å². The Morgan fingerprint density at radius 1 is 0.943 bits per heavy atom. The number of rotatable bonds is 9. The zero-order valence-electron chi connectivity index (χ0n) is 20.9. The van der Waals surface area contributed by atoms with E-state index in [9.17, 15) is 9.59 Å². The lowest BCUT2D eigenvalue weighted by Crippen LogP contribution is -2.58. The first-order chi connectivity index (χ1) is 17.1. The second-order valence-electron chi connectivity index (χ2n) is 9.44. The molecule has 188 valence electrons. The molecule has 1 aliphatic carbocycles. The molecule has 1 unspecified atom stereocenters. The Bertz CT molecular complexity index is 980. The molecule has 2 aliphatic rings. The normalized spacial score (nSPS) is 17.7. The van der Waals surface area contributed by atoms with Crippen LogP contribution in [-0.2, 0) is 11.2 Å². The molecule has 2 aromatic rings. The minimum atomic E-state index is -0.123. The van der Waals surface area contributed by atoms with Crippen LogP contribution in [-0.4, -0.2) is 74.6 Å². The van der Waals surface area contributed by atoms with Crippen LogP contribution in [0.3, 0.4) is 0 Å². The maximum atomic E-state index is 13.4. The van der Waals surface area contributed by atoms with Crippen molar-refractivity contribution in [2.75, 3.05) is 46.9 Å². The van der Waals surface area contributed by atoms with Gasteiger partial charge in [0.1, 0.15) is 11.5 Å². The number of ether oxygens (including phenoxy) is 2. The largest absolute Gasteiger partial charge is 0.497 e. The summed E-state index contributed by atoms with van der Waals surface area (Å²) in [6.07, 6.45) is 5.36. The van der Waals surface area contributed by atoms with E-state index >= 15 is 0 Å². The van der Waals surface area contributed by atoms with E-state index in [2.05, 4.69) is 10.2 Å². The molecule has 0 aromatic heterocycles. The maximum absolute atomic E-state index is 13.4. The third-order valence-corrected chi connectivity index (χ3v) is 7.30. The van der Waals surface area contributed by atoms with Crippen molar-refractivity contribution in [2.45, 2.75) is 38.1 Å². The molecule has 2 aromatic carbocycles. The van der Waals surface area contributed by atoms with Gasteiger partial charge in [0.2, 0.25) is 5.91 Å². The van der Waals surface area contributed by atoms with Crippen LogP contribution in [0.2, 0.25) is 0 Å². The SMILES string of the molecule is COc1ccc(CCNC(=O)C(C2CCCC2)N2CCN(C(=O)c3cccc(OC)c3)CC2)cc1. The Morgan fingerprint density at radius 2 is 1.63 bits per heavy atom. The Kier molecular flexibility index (Phi) is 8.64. The highest BCUT2D eigenvalue weighted by Crippen LogP contribution is 2.31. The molecule has 7 heteroatoms. The average molecular weight is 480 g/mol. The molecular weight excluding hydrogens is 442 g/mol. The van der Waals surface area contributed by atoms with Crippen molar-refractivity contribution >= 4 is 11.8 Å². The second kappa shape index (κ2) is 12.1. The topological polar surface area (TPSA) is 71.1 Å². The summed E-state index contributed by atoms with van der Waals surface area (Å²) in [5, 5.41) is 3.20. The fraction of sp³-hybridized carbons (Fsp3) is 0.500. The van der Waals surface area contributed by atoms with Crippen LogP contribution in [0.15, 0.2) is 48.5 Å². The standard InChI is InChI=1S/C28H37N3O4/c1-34-24-12-10-21(11-13-24)14-15-29-27(32)26(22-6-3-4-7-22)30-16-18-31(19-17-30)28(33)23-8-5-9-25(20-23)35-2/h5,8-13,20,22,26H,3-4,6-7,14-19H2,1-2H3,(H,29,32). The van der Waals surface area contributed by atoms with E-state index in [1.165, 1.54) is 18.4 Å². The Hall–Kier alpha value is -3.06. The van der Waals surface area contributed by atoms with Crippen LogP contribution in [0.5, 0.6) is 11.5 Å². The van der Waals surface area contributed by atoms with E-state index in [4.69, 9.17) is 9.47 Å². The summed E-state index contributed by atoms with van der Waals surface area (Å²) in [5.74, 6) is 2.05. The first-order valence-electron chi connectivity index (χ1n) is 12.7. The lowest BCUT2D eigenvalue weighted by atomic mass is 9.94. The zero-order chi connectivity index (χ0) is 24.6. The average Bonchev–Trinajstić information content (AvgIpc) is 3.43. The number of methoxy groups -OCH3 is 2. The van der Waals surface area contributed by atoms with Gasteiger partial charge in [-0.05, 0) is 61.1 Å². The summed E-state index contributed by atoms with van der Waals surface area (Å²) in [6.45, 7) is 3.28. The van der Waals surface area contributed by atoms with Crippen LogP contribution < -0.4 is 14.8 Å². The molecule has 1 N–H and O–H groups in total. The summed E-state index contributed by atoms with van der Waals surface area (Å²) in [6, 6.07) is 15.2. The fourth-order valence-corrected chi connectivity index (χ4v) is 5.32. The van der Waals surface area contributed by atoms with Crippen LogP contribution in [0, 0.1) is 5.92 Å². The van der Waals surface area contributed by atoms with Gasteiger partial charge in [-0.15, -0.1) is 0 Å². The predicted molar refractivity (Wildman–Crippen MR) is 136 cm³/mol. The van der Waals surface area contributed by atoms with Gasteiger partial charge in [-0.25, -0.2) is 0 Å². The fourth-order valence-electron chi connectivity index (χ4n) is 5.32. The van der Waals surface area contributed by atoms with E-state index in [-0.39, 0.29) is 17.9 Å². The minimum Gasteiger partial charge on any atom is -0.497 e. The van der Waals surface area contributed by atoms with Crippen LogP contribution in [0.4, 0.5) is 0 Å². The molecule has 0 spiro atoms. The molecule has 35 heavy (non-hydrogen) atoms. The van der Waals surface area contributed by atoms with Gasteiger partial charge in [-0.3, -0.25) is 14.5 Å². The van der Waals surface area contributed by atoms with Crippen LogP contribution in [0.25, 0.3) is 0 Å². The van der Waals surface area contributed by atoms with Crippen molar-refractivity contribution in [2.24, 2.45) is 5.92 Å². The van der Waals surface area contributed by atoms with Gasteiger partial charge >= 0.3 is 0 Å². The monoisotopic (exact) mass is 479 g/mol. The lowest BCUT2D eigenvalue weighted by Gasteiger charge is -2.40. The molecule has 1 saturated heterocycles. The Balaban J connectivity index is 1.33. The second-order valence-corrected chi connectivity index (χ2v) is 9.44. The zero-order valence-corrected chi connectivity index (χ0v) is 20.9. The van der Waals surface area contributed by atoms with E-state index in [1.807, 2.05) is 47.4 Å². The molecule has 2 fully saturated rings. The molecule has 0 radical (unpaired) electrons. The van der Waals surface area contributed by atoms with Gasteiger partial charge in [-0.1, -0.05) is 31.0 Å². The van der Waals surface area contributed by atoms with Crippen molar-refractivity contribution in [3.8, 4) is 11.5 Å². The molecule has 1 atom stereocenters. The van der Waals surface area contributed by atoms with Crippen LogP contribution in [0.1, 0.15) is 41.6 Å². The van der Waals surface area contributed by atoms with Crippen molar-refractivity contribution in [3.63, 3.8) is 0 Å². The van der Waals surface area contributed by atoms with Crippen LogP contribution >= 0.6 is 0 Å². The first-order valence-corrected chi connectivity index (χ1v) is 12.7. The third kappa shape index (κ3) is 6.34. The summed E-state index contributed by atoms with van der Waals surface area (Å²) in [4.78, 5) is 30.6. The highest BCUT2D eigenvalue weighted by Gasteiger charge is 2.37. The summed E-state index contributed by atoms with van der Waals surface area (Å²) >= 11 is 0. The van der Waals surface area contributed by atoms with Gasteiger partial charge < -0.3 is 19.7 Å². The van der Waals surface area contributed by atoms with E-state index < -0.39 is 0 Å². The molecule has 1 aliphatic heterocycles. The Labute approximate surface area is 208 Å². The summed E-state index contributed by atoms with van der Waals surface area (Å²) in [5.41, 5.74) is 1.81. The highest BCUT2D eigenvalue weighted by molar-refractivity contribution is 5.94. The molecule has 7 nitrogen and oxygen atoms in total. The van der Waals surface area contributed by atoms with Gasteiger partial charge in [-0.2, -0.15) is 0 Å². The number of piperazine rings is 1. The number of nitrogens with zero attached hydrogens (tertiary/aromatic N) is 2. The van der Waals surface area contributed by atoms with Gasteiger partial charge in [0, 0.05) is 38.3 Å². The third-order valence-electron chi connectivity index (χ3n) is 7.30. The molecule has 2 amide bonds. The van der Waals surface area contributed by atoms with E-state index in [1.54, 1.807) is 20.3 Å². The highest BCUT2D eigenvalue weighted by atomic mass is 16.5. The summed E-state index contributed by atoms with van der Waals surface area (Å²) < 4.78 is 10.5. The summed E-state index contributed by atoms with van der Waals surface area (Å²) in [7, 11) is 3.26. The number of amides is 2.